The Morgan fingerprint density at radius 2 is 2.00 bits per heavy atom. The Labute approximate surface area is 72.7 Å². The van der Waals surface area contributed by atoms with Gasteiger partial charge in [-0.1, -0.05) is 0 Å². The summed E-state index contributed by atoms with van der Waals surface area (Å²) in [6.45, 7) is 1.97. The van der Waals surface area contributed by atoms with Gasteiger partial charge >= 0.3 is 0 Å². The predicted molar refractivity (Wildman–Crippen MR) is 48.8 cm³/mol. The molecule has 0 bridgehead atoms. The fourth-order valence-corrected chi connectivity index (χ4v) is 1.37. The van der Waals surface area contributed by atoms with E-state index in [0.29, 0.717) is 0 Å². The first-order valence-electron chi connectivity index (χ1n) is 3.82. The number of hydrogen-bond acceptors (Lipinski definition) is 3. The SMILES string of the molecule is COc1c(N(C)C)c(C)nn1C. The van der Waals surface area contributed by atoms with Gasteiger partial charge in [0.05, 0.1) is 12.8 Å². The quantitative estimate of drug-likeness (QED) is 0.656. The molecule has 0 spiro atoms. The Bertz CT molecular complexity index is 278. The maximum absolute atomic E-state index is 5.22. The Morgan fingerprint density at radius 1 is 1.42 bits per heavy atom. The van der Waals surface area contributed by atoms with E-state index in [2.05, 4.69) is 5.10 Å². The highest BCUT2D eigenvalue weighted by molar-refractivity contribution is 5.58. The first kappa shape index (κ1) is 8.90. The van der Waals surface area contributed by atoms with Crippen LogP contribution in [0.15, 0.2) is 0 Å². The zero-order valence-electron chi connectivity index (χ0n) is 8.25. The van der Waals surface area contributed by atoms with Gasteiger partial charge in [-0.05, 0) is 6.92 Å². The molecule has 0 atom stereocenters. The lowest BCUT2D eigenvalue weighted by molar-refractivity contribution is 0.374. The third-order valence-corrected chi connectivity index (χ3v) is 1.78. The van der Waals surface area contributed by atoms with Gasteiger partial charge in [0.15, 0.2) is 0 Å². The highest BCUT2D eigenvalue weighted by Gasteiger charge is 2.14. The van der Waals surface area contributed by atoms with Crippen molar-refractivity contribution in [3.63, 3.8) is 0 Å². The molecule has 0 aliphatic carbocycles. The van der Waals surface area contributed by atoms with E-state index in [1.54, 1.807) is 11.8 Å². The van der Waals surface area contributed by atoms with Crippen LogP contribution < -0.4 is 9.64 Å². The molecule has 12 heavy (non-hydrogen) atoms. The standard InChI is InChI=1S/C8H15N3O/c1-6-7(10(2)3)8(12-5)11(4)9-6/h1-5H3. The smallest absolute Gasteiger partial charge is 0.235 e. The van der Waals surface area contributed by atoms with E-state index in [9.17, 15) is 0 Å². The molecule has 4 heteroatoms. The third-order valence-electron chi connectivity index (χ3n) is 1.78. The zero-order chi connectivity index (χ0) is 9.30. The van der Waals surface area contributed by atoms with Crippen molar-refractivity contribution in [2.75, 3.05) is 26.1 Å². The van der Waals surface area contributed by atoms with E-state index < -0.39 is 0 Å². The van der Waals surface area contributed by atoms with E-state index in [-0.39, 0.29) is 0 Å². The molecule has 68 valence electrons. The second kappa shape index (κ2) is 3.05. The minimum Gasteiger partial charge on any atom is -0.480 e. The molecule has 0 aliphatic heterocycles. The van der Waals surface area contributed by atoms with Crippen LogP contribution in [0.25, 0.3) is 0 Å². The molecule has 0 unspecified atom stereocenters. The summed E-state index contributed by atoms with van der Waals surface area (Å²) in [6.07, 6.45) is 0. The van der Waals surface area contributed by atoms with Crippen LogP contribution >= 0.6 is 0 Å². The normalized spacial score (nSPS) is 10.1. The number of methoxy groups -OCH3 is 1. The van der Waals surface area contributed by atoms with Crippen molar-refractivity contribution in [1.29, 1.82) is 0 Å². The van der Waals surface area contributed by atoms with Crippen LogP contribution in [0.3, 0.4) is 0 Å². The number of rotatable bonds is 2. The molecule has 0 saturated heterocycles. The highest BCUT2D eigenvalue weighted by Crippen LogP contribution is 2.28. The first-order chi connectivity index (χ1) is 5.57. The first-order valence-corrected chi connectivity index (χ1v) is 3.82. The van der Waals surface area contributed by atoms with Crippen LogP contribution in [-0.2, 0) is 7.05 Å². The summed E-state index contributed by atoms with van der Waals surface area (Å²) < 4.78 is 6.96. The highest BCUT2D eigenvalue weighted by atomic mass is 16.5. The summed E-state index contributed by atoms with van der Waals surface area (Å²) >= 11 is 0. The minimum atomic E-state index is 0.803. The van der Waals surface area contributed by atoms with Gasteiger partial charge in [-0.3, -0.25) is 0 Å². The second-order valence-corrected chi connectivity index (χ2v) is 2.96. The van der Waals surface area contributed by atoms with Crippen molar-refractivity contribution >= 4 is 5.69 Å². The number of ether oxygens (including phenoxy) is 1. The van der Waals surface area contributed by atoms with Gasteiger partial charge < -0.3 is 9.64 Å². The average molecular weight is 169 g/mol. The molecule has 0 aromatic carbocycles. The van der Waals surface area contributed by atoms with Gasteiger partial charge in [-0.25, -0.2) is 4.68 Å². The topological polar surface area (TPSA) is 30.3 Å². The Kier molecular flexibility index (Phi) is 2.26. The molecule has 1 aromatic rings. The maximum Gasteiger partial charge on any atom is 0.235 e. The van der Waals surface area contributed by atoms with Gasteiger partial charge in [-0.15, -0.1) is 0 Å². The summed E-state index contributed by atoms with van der Waals surface area (Å²) in [4.78, 5) is 2.00. The second-order valence-electron chi connectivity index (χ2n) is 2.96. The number of nitrogens with zero attached hydrogens (tertiary/aromatic N) is 3. The monoisotopic (exact) mass is 169 g/mol. The molecular weight excluding hydrogens is 154 g/mol. The van der Waals surface area contributed by atoms with Gasteiger partial charge in [0.1, 0.15) is 5.69 Å². The molecule has 0 aliphatic rings. The summed E-state index contributed by atoms with van der Waals surface area (Å²) in [5, 5.41) is 4.25. The van der Waals surface area contributed by atoms with Crippen molar-refractivity contribution in [1.82, 2.24) is 9.78 Å². The van der Waals surface area contributed by atoms with Gasteiger partial charge in [0.2, 0.25) is 5.88 Å². The molecule has 0 radical (unpaired) electrons. The molecule has 1 aromatic heterocycles. The number of aryl methyl sites for hydroxylation is 2. The lowest BCUT2D eigenvalue weighted by Crippen LogP contribution is -2.10. The Morgan fingerprint density at radius 3 is 2.33 bits per heavy atom. The largest absolute Gasteiger partial charge is 0.480 e. The van der Waals surface area contributed by atoms with Crippen LogP contribution in [0.4, 0.5) is 5.69 Å². The molecule has 0 fully saturated rings. The molecule has 1 rings (SSSR count). The van der Waals surface area contributed by atoms with Crippen molar-refractivity contribution in [2.24, 2.45) is 7.05 Å². The average Bonchev–Trinajstić information content (AvgIpc) is 2.24. The molecule has 0 amide bonds. The molecule has 1 heterocycles. The summed E-state index contributed by atoms with van der Waals surface area (Å²) in [6, 6.07) is 0. The zero-order valence-corrected chi connectivity index (χ0v) is 8.25. The fraction of sp³-hybridized carbons (Fsp3) is 0.625. The van der Waals surface area contributed by atoms with Crippen LogP contribution in [0.5, 0.6) is 5.88 Å². The summed E-state index contributed by atoms with van der Waals surface area (Å²) in [5.41, 5.74) is 2.03. The summed E-state index contributed by atoms with van der Waals surface area (Å²) in [5.74, 6) is 0.803. The van der Waals surface area contributed by atoms with Crippen LogP contribution in [-0.4, -0.2) is 31.0 Å². The lowest BCUT2D eigenvalue weighted by Gasteiger charge is -2.12. The molecular formula is C8H15N3O. The number of aromatic nitrogens is 2. The van der Waals surface area contributed by atoms with Gasteiger partial charge in [0, 0.05) is 21.1 Å². The van der Waals surface area contributed by atoms with Crippen LogP contribution in [0.1, 0.15) is 5.69 Å². The van der Waals surface area contributed by atoms with E-state index in [0.717, 1.165) is 17.3 Å². The third kappa shape index (κ3) is 1.24. The minimum absolute atomic E-state index is 0.803. The van der Waals surface area contributed by atoms with Crippen LogP contribution in [0, 0.1) is 6.92 Å². The van der Waals surface area contributed by atoms with E-state index in [1.165, 1.54) is 0 Å². The molecule has 0 saturated carbocycles. The van der Waals surface area contributed by atoms with E-state index >= 15 is 0 Å². The predicted octanol–water partition coefficient (Wildman–Crippen LogP) is 0.803. The van der Waals surface area contributed by atoms with Crippen molar-refractivity contribution in [2.45, 2.75) is 6.92 Å². The molecule has 0 N–H and O–H groups in total. The number of hydrogen-bond donors (Lipinski definition) is 0. The maximum atomic E-state index is 5.22. The fourth-order valence-electron chi connectivity index (χ4n) is 1.37. The Hall–Kier alpha value is -1.19. The van der Waals surface area contributed by atoms with E-state index in [4.69, 9.17) is 4.74 Å². The van der Waals surface area contributed by atoms with Crippen molar-refractivity contribution in [3.05, 3.63) is 5.69 Å². The van der Waals surface area contributed by atoms with E-state index in [1.807, 2.05) is 33.0 Å². The molecule has 4 nitrogen and oxygen atoms in total. The number of anilines is 1. The van der Waals surface area contributed by atoms with Gasteiger partial charge in [-0.2, -0.15) is 5.10 Å². The summed E-state index contributed by atoms with van der Waals surface area (Å²) in [7, 11) is 7.49. The van der Waals surface area contributed by atoms with Crippen molar-refractivity contribution in [3.8, 4) is 5.88 Å². The van der Waals surface area contributed by atoms with Crippen LogP contribution in [0.2, 0.25) is 0 Å². The Balaban J connectivity index is 3.23. The van der Waals surface area contributed by atoms with Gasteiger partial charge in [0.25, 0.3) is 0 Å². The van der Waals surface area contributed by atoms with Crippen molar-refractivity contribution < 1.29 is 4.74 Å². The lowest BCUT2D eigenvalue weighted by atomic mass is 10.4.